The van der Waals surface area contributed by atoms with Gasteiger partial charge in [0.25, 0.3) is 5.69 Å². The third-order valence-electron chi connectivity index (χ3n) is 3.56. The first kappa shape index (κ1) is 13.4. The lowest BCUT2D eigenvalue weighted by Crippen LogP contribution is -2.06. The number of hydrogen-bond donors (Lipinski definition) is 0. The molecule has 0 fully saturated rings. The number of imidazole rings is 1. The molecule has 0 aliphatic rings. The van der Waals surface area contributed by atoms with E-state index in [9.17, 15) is 10.1 Å². The SMILES string of the molecule is CCCn1cncc1Cn1ccc2ccc([N+](=O)[O-])cc21. The molecule has 21 heavy (non-hydrogen) atoms. The Labute approximate surface area is 121 Å². The molecule has 0 aliphatic heterocycles. The Balaban J connectivity index is 1.98. The van der Waals surface area contributed by atoms with Gasteiger partial charge in [0.05, 0.1) is 29.0 Å². The minimum absolute atomic E-state index is 0.115. The van der Waals surface area contributed by atoms with Crippen LogP contribution in [0.1, 0.15) is 19.0 Å². The molecule has 2 aromatic heterocycles. The van der Waals surface area contributed by atoms with Crippen molar-refractivity contribution in [1.29, 1.82) is 0 Å². The Morgan fingerprint density at radius 1 is 1.29 bits per heavy atom. The smallest absolute Gasteiger partial charge is 0.271 e. The minimum atomic E-state index is -0.363. The van der Waals surface area contributed by atoms with Gasteiger partial charge in [-0.2, -0.15) is 0 Å². The summed E-state index contributed by atoms with van der Waals surface area (Å²) in [6, 6.07) is 6.91. The lowest BCUT2D eigenvalue weighted by molar-refractivity contribution is -0.384. The standard InChI is InChI=1S/C15H16N4O2/c1-2-6-18-11-16-9-14(18)10-17-7-5-12-3-4-13(19(20)21)8-15(12)17/h3-5,7-9,11H,2,6,10H2,1H3. The van der Waals surface area contributed by atoms with Crippen LogP contribution in [0.5, 0.6) is 0 Å². The van der Waals surface area contributed by atoms with Crippen molar-refractivity contribution in [3.8, 4) is 0 Å². The Morgan fingerprint density at radius 2 is 2.14 bits per heavy atom. The molecule has 6 nitrogen and oxygen atoms in total. The average molecular weight is 284 g/mol. The molecule has 3 rings (SSSR count). The van der Waals surface area contributed by atoms with Crippen molar-refractivity contribution in [3.63, 3.8) is 0 Å². The van der Waals surface area contributed by atoms with Crippen LogP contribution in [0.3, 0.4) is 0 Å². The number of rotatable bonds is 5. The van der Waals surface area contributed by atoms with Crippen LogP contribution >= 0.6 is 0 Å². The van der Waals surface area contributed by atoms with Crippen molar-refractivity contribution in [2.45, 2.75) is 26.4 Å². The van der Waals surface area contributed by atoms with E-state index in [1.807, 2.05) is 29.4 Å². The van der Waals surface area contributed by atoms with Crippen LogP contribution in [0.25, 0.3) is 10.9 Å². The van der Waals surface area contributed by atoms with Crippen molar-refractivity contribution in [3.05, 3.63) is 58.8 Å². The van der Waals surface area contributed by atoms with Crippen molar-refractivity contribution in [1.82, 2.24) is 14.1 Å². The van der Waals surface area contributed by atoms with Crippen LogP contribution in [0.2, 0.25) is 0 Å². The fourth-order valence-electron chi connectivity index (χ4n) is 2.52. The zero-order valence-corrected chi connectivity index (χ0v) is 11.8. The van der Waals surface area contributed by atoms with Gasteiger partial charge in [0.1, 0.15) is 0 Å². The number of benzene rings is 1. The van der Waals surface area contributed by atoms with E-state index in [0.717, 1.165) is 29.6 Å². The van der Waals surface area contributed by atoms with E-state index < -0.39 is 0 Å². The number of aromatic nitrogens is 3. The van der Waals surface area contributed by atoms with Crippen molar-refractivity contribution in [2.24, 2.45) is 0 Å². The summed E-state index contributed by atoms with van der Waals surface area (Å²) in [5.41, 5.74) is 2.08. The maximum Gasteiger partial charge on any atom is 0.271 e. The minimum Gasteiger partial charge on any atom is -0.341 e. The number of hydrogen-bond acceptors (Lipinski definition) is 3. The third-order valence-corrected chi connectivity index (χ3v) is 3.56. The highest BCUT2D eigenvalue weighted by Gasteiger charge is 2.10. The van der Waals surface area contributed by atoms with E-state index in [0.29, 0.717) is 6.54 Å². The molecule has 0 saturated carbocycles. The predicted octanol–water partition coefficient (Wildman–Crippen LogP) is 3.20. The van der Waals surface area contributed by atoms with E-state index in [-0.39, 0.29) is 10.6 Å². The van der Waals surface area contributed by atoms with E-state index in [2.05, 4.69) is 16.5 Å². The lowest BCUT2D eigenvalue weighted by Gasteiger charge is -2.09. The topological polar surface area (TPSA) is 65.9 Å². The second kappa shape index (κ2) is 5.40. The molecule has 2 heterocycles. The molecular weight excluding hydrogens is 268 g/mol. The van der Waals surface area contributed by atoms with Gasteiger partial charge < -0.3 is 9.13 Å². The van der Waals surface area contributed by atoms with Gasteiger partial charge in [-0.1, -0.05) is 6.92 Å². The monoisotopic (exact) mass is 284 g/mol. The fourth-order valence-corrected chi connectivity index (χ4v) is 2.52. The largest absolute Gasteiger partial charge is 0.341 e. The van der Waals surface area contributed by atoms with Gasteiger partial charge in [-0.25, -0.2) is 4.98 Å². The number of nitro groups is 1. The fraction of sp³-hybridized carbons (Fsp3) is 0.267. The number of nitro benzene ring substituents is 1. The van der Waals surface area contributed by atoms with Gasteiger partial charge in [-0.15, -0.1) is 0 Å². The zero-order chi connectivity index (χ0) is 14.8. The third kappa shape index (κ3) is 2.52. The molecule has 3 aromatic rings. The summed E-state index contributed by atoms with van der Waals surface area (Å²) in [7, 11) is 0. The number of aryl methyl sites for hydroxylation is 1. The normalized spacial score (nSPS) is 11.1. The van der Waals surface area contributed by atoms with Crippen LogP contribution in [0, 0.1) is 10.1 Å². The average Bonchev–Trinajstić information content (AvgIpc) is 3.07. The van der Waals surface area contributed by atoms with Gasteiger partial charge in [-0.3, -0.25) is 10.1 Å². The first-order valence-corrected chi connectivity index (χ1v) is 6.91. The molecule has 0 saturated heterocycles. The summed E-state index contributed by atoms with van der Waals surface area (Å²) in [6.45, 7) is 3.71. The summed E-state index contributed by atoms with van der Waals surface area (Å²) in [6.07, 6.45) is 6.67. The summed E-state index contributed by atoms with van der Waals surface area (Å²) < 4.78 is 4.13. The highest BCUT2D eigenvalue weighted by Crippen LogP contribution is 2.22. The number of non-ortho nitro benzene ring substituents is 1. The Morgan fingerprint density at radius 3 is 2.90 bits per heavy atom. The molecule has 0 bridgehead atoms. The highest BCUT2D eigenvalue weighted by atomic mass is 16.6. The molecular formula is C15H16N4O2. The van der Waals surface area contributed by atoms with Crippen LogP contribution in [0.4, 0.5) is 5.69 Å². The molecule has 1 aromatic carbocycles. The van der Waals surface area contributed by atoms with E-state index in [1.165, 1.54) is 6.07 Å². The molecule has 0 unspecified atom stereocenters. The molecule has 108 valence electrons. The molecule has 0 amide bonds. The van der Waals surface area contributed by atoms with Gasteiger partial charge in [0.15, 0.2) is 0 Å². The van der Waals surface area contributed by atoms with Crippen LogP contribution in [-0.2, 0) is 13.1 Å². The summed E-state index contributed by atoms with van der Waals surface area (Å²) in [5.74, 6) is 0. The second-order valence-electron chi connectivity index (χ2n) is 5.02. The quantitative estimate of drug-likeness (QED) is 0.533. The first-order chi connectivity index (χ1) is 10.2. The second-order valence-corrected chi connectivity index (χ2v) is 5.02. The Hall–Kier alpha value is -2.63. The van der Waals surface area contributed by atoms with Crippen LogP contribution < -0.4 is 0 Å². The van der Waals surface area contributed by atoms with E-state index in [4.69, 9.17) is 0 Å². The molecule has 0 atom stereocenters. The highest BCUT2D eigenvalue weighted by molar-refractivity contribution is 5.82. The summed E-state index contributed by atoms with van der Waals surface area (Å²) in [4.78, 5) is 14.7. The van der Waals surface area contributed by atoms with E-state index >= 15 is 0 Å². The van der Waals surface area contributed by atoms with Crippen molar-refractivity contribution in [2.75, 3.05) is 0 Å². The molecule has 0 aliphatic carbocycles. The number of fused-ring (bicyclic) bond motifs is 1. The van der Waals surface area contributed by atoms with Gasteiger partial charge in [0.2, 0.25) is 0 Å². The Kier molecular flexibility index (Phi) is 3.43. The predicted molar refractivity (Wildman–Crippen MR) is 80.2 cm³/mol. The molecule has 0 spiro atoms. The summed E-state index contributed by atoms with van der Waals surface area (Å²) in [5, 5.41) is 11.9. The van der Waals surface area contributed by atoms with E-state index in [1.54, 1.807) is 12.1 Å². The zero-order valence-electron chi connectivity index (χ0n) is 11.8. The van der Waals surface area contributed by atoms with Gasteiger partial charge in [-0.05, 0) is 18.6 Å². The van der Waals surface area contributed by atoms with Crippen molar-refractivity contribution < 1.29 is 4.92 Å². The van der Waals surface area contributed by atoms with Gasteiger partial charge in [0, 0.05) is 36.5 Å². The maximum atomic E-state index is 10.9. The van der Waals surface area contributed by atoms with Gasteiger partial charge >= 0.3 is 0 Å². The Bertz CT molecular complexity index is 788. The molecule has 0 radical (unpaired) electrons. The number of nitrogens with zero attached hydrogens (tertiary/aromatic N) is 4. The van der Waals surface area contributed by atoms with Crippen LogP contribution in [-0.4, -0.2) is 19.0 Å². The first-order valence-electron chi connectivity index (χ1n) is 6.91. The van der Waals surface area contributed by atoms with Crippen LogP contribution in [0.15, 0.2) is 43.0 Å². The van der Waals surface area contributed by atoms with Crippen molar-refractivity contribution >= 4 is 16.6 Å². The summed E-state index contributed by atoms with van der Waals surface area (Å²) >= 11 is 0. The molecule has 6 heteroatoms. The lowest BCUT2D eigenvalue weighted by atomic mass is 10.2. The maximum absolute atomic E-state index is 10.9. The molecule has 0 N–H and O–H groups in total.